The first-order valence-corrected chi connectivity index (χ1v) is 8.72. The van der Waals surface area contributed by atoms with Gasteiger partial charge in [-0.25, -0.2) is 0 Å². The zero-order valence-electron chi connectivity index (χ0n) is 12.8. The molecule has 0 heterocycles. The Morgan fingerprint density at radius 3 is 1.65 bits per heavy atom. The molecule has 0 saturated heterocycles. The van der Waals surface area contributed by atoms with Crippen molar-refractivity contribution in [3.05, 3.63) is 90.5 Å². The van der Waals surface area contributed by atoms with Crippen molar-refractivity contribution in [1.82, 2.24) is 0 Å². The first-order valence-electron chi connectivity index (χ1n) is 7.38. The second kappa shape index (κ2) is 7.21. The lowest BCUT2D eigenvalue weighted by Gasteiger charge is -2.17. The van der Waals surface area contributed by atoms with Crippen molar-refractivity contribution in [1.29, 1.82) is 0 Å². The Morgan fingerprint density at radius 1 is 0.739 bits per heavy atom. The quantitative estimate of drug-likeness (QED) is 0.665. The number of carbonyl (C=O) groups is 1. The Bertz CT molecular complexity index is 728. The van der Waals surface area contributed by atoms with Gasteiger partial charge in [0.2, 0.25) is 0 Å². The minimum absolute atomic E-state index is 0.153. The van der Waals surface area contributed by atoms with E-state index in [0.29, 0.717) is 5.56 Å². The fourth-order valence-electron chi connectivity index (χ4n) is 2.40. The van der Waals surface area contributed by atoms with E-state index in [0.717, 1.165) is 16.4 Å². The summed E-state index contributed by atoms with van der Waals surface area (Å²) in [7, 11) is 0.541. The summed E-state index contributed by atoms with van der Waals surface area (Å²) in [5.41, 5.74) is 0.865. The molecule has 0 aliphatic rings. The maximum absolute atomic E-state index is 13.1. The molecule has 0 saturated carbocycles. The van der Waals surface area contributed by atoms with Crippen LogP contribution in [0.15, 0.2) is 84.9 Å². The number of benzene rings is 3. The van der Waals surface area contributed by atoms with Crippen LogP contribution in [0.2, 0.25) is 0 Å². The van der Waals surface area contributed by atoms with Crippen LogP contribution in [0.5, 0.6) is 5.75 Å². The molecule has 2 nitrogen and oxygen atoms in total. The van der Waals surface area contributed by atoms with Crippen molar-refractivity contribution in [3.8, 4) is 5.75 Å². The van der Waals surface area contributed by atoms with Gasteiger partial charge in [0.15, 0.2) is 5.52 Å². The lowest BCUT2D eigenvalue weighted by Crippen LogP contribution is -2.18. The first-order chi connectivity index (χ1) is 11.3. The largest absolute Gasteiger partial charge is 0.497 e. The van der Waals surface area contributed by atoms with Crippen LogP contribution in [-0.4, -0.2) is 12.6 Å². The van der Waals surface area contributed by atoms with E-state index in [9.17, 15) is 4.79 Å². The molecule has 23 heavy (non-hydrogen) atoms. The predicted molar refractivity (Wildman–Crippen MR) is 96.4 cm³/mol. The van der Waals surface area contributed by atoms with E-state index in [2.05, 4.69) is 0 Å². The summed E-state index contributed by atoms with van der Waals surface area (Å²) in [6.07, 6.45) is 0. The van der Waals surface area contributed by atoms with E-state index in [4.69, 9.17) is 4.74 Å². The molecule has 114 valence electrons. The molecular weight excluding hydrogens is 303 g/mol. The SMILES string of the molecule is COc1ccc(C(=O)P(c2ccccc2)c2ccccc2)cc1. The highest BCUT2D eigenvalue weighted by molar-refractivity contribution is 7.88. The van der Waals surface area contributed by atoms with Gasteiger partial charge < -0.3 is 4.74 Å². The Balaban J connectivity index is 2.02. The van der Waals surface area contributed by atoms with Crippen molar-refractivity contribution in [2.45, 2.75) is 0 Å². The van der Waals surface area contributed by atoms with Crippen LogP contribution in [0.3, 0.4) is 0 Å². The summed E-state index contributed by atoms with van der Waals surface area (Å²) in [5, 5.41) is 2.13. The Labute approximate surface area is 137 Å². The van der Waals surface area contributed by atoms with E-state index in [1.807, 2.05) is 84.9 Å². The molecule has 0 unspecified atom stereocenters. The third-order valence-corrected chi connectivity index (χ3v) is 5.86. The number of hydrogen-bond acceptors (Lipinski definition) is 2. The maximum atomic E-state index is 13.1. The van der Waals surface area contributed by atoms with Crippen LogP contribution in [0.1, 0.15) is 10.4 Å². The van der Waals surface area contributed by atoms with Crippen molar-refractivity contribution in [3.63, 3.8) is 0 Å². The molecule has 0 aliphatic carbocycles. The summed E-state index contributed by atoms with van der Waals surface area (Å²) in [6.45, 7) is 0. The van der Waals surface area contributed by atoms with Crippen LogP contribution in [-0.2, 0) is 0 Å². The molecular formula is C20H17O2P. The topological polar surface area (TPSA) is 26.3 Å². The van der Waals surface area contributed by atoms with Crippen LogP contribution in [0.25, 0.3) is 0 Å². The molecule has 3 rings (SSSR count). The zero-order valence-corrected chi connectivity index (χ0v) is 13.7. The Kier molecular flexibility index (Phi) is 4.85. The van der Waals surface area contributed by atoms with Crippen molar-refractivity contribution in [2.75, 3.05) is 7.11 Å². The summed E-state index contributed by atoms with van der Waals surface area (Å²) in [4.78, 5) is 13.1. The van der Waals surface area contributed by atoms with Gasteiger partial charge in [0.05, 0.1) is 7.11 Å². The molecule has 0 amide bonds. The molecule has 0 aliphatic heterocycles. The standard InChI is InChI=1S/C20H17O2P/c1-22-17-14-12-16(13-15-17)20(21)23(18-8-4-2-5-9-18)19-10-6-3-7-11-19/h2-15H,1H3. The number of ether oxygens (including phenoxy) is 1. The van der Waals surface area contributed by atoms with Crippen LogP contribution < -0.4 is 15.3 Å². The van der Waals surface area contributed by atoms with Gasteiger partial charge in [0.1, 0.15) is 5.75 Å². The highest BCUT2D eigenvalue weighted by Gasteiger charge is 2.23. The minimum Gasteiger partial charge on any atom is -0.497 e. The van der Waals surface area contributed by atoms with Gasteiger partial charge in [0.25, 0.3) is 0 Å². The van der Waals surface area contributed by atoms with E-state index >= 15 is 0 Å². The molecule has 0 bridgehead atoms. The Hall–Kier alpha value is -2.44. The maximum Gasteiger partial charge on any atom is 0.193 e. The lowest BCUT2D eigenvalue weighted by atomic mass is 10.2. The molecule has 0 N–H and O–H groups in total. The first kappa shape index (κ1) is 15.5. The van der Waals surface area contributed by atoms with E-state index in [1.165, 1.54) is 0 Å². The predicted octanol–water partition coefficient (Wildman–Crippen LogP) is 3.97. The second-order valence-electron chi connectivity index (χ2n) is 5.04. The summed E-state index contributed by atoms with van der Waals surface area (Å²) in [5.74, 6) is 0.755. The fraction of sp³-hybridized carbons (Fsp3) is 0.0500. The van der Waals surface area contributed by atoms with Gasteiger partial charge >= 0.3 is 0 Å². The van der Waals surface area contributed by atoms with E-state index in [-0.39, 0.29) is 5.52 Å². The molecule has 3 heteroatoms. The highest BCUT2D eigenvalue weighted by Crippen LogP contribution is 2.37. The average Bonchev–Trinajstić information content (AvgIpc) is 2.64. The van der Waals surface area contributed by atoms with Crippen LogP contribution >= 0.6 is 7.92 Å². The zero-order chi connectivity index (χ0) is 16.1. The number of methoxy groups -OCH3 is 1. The van der Waals surface area contributed by atoms with Gasteiger partial charge in [-0.2, -0.15) is 0 Å². The van der Waals surface area contributed by atoms with E-state index in [1.54, 1.807) is 7.11 Å². The molecule has 0 atom stereocenters. The van der Waals surface area contributed by atoms with Crippen LogP contribution in [0.4, 0.5) is 0 Å². The summed E-state index contributed by atoms with van der Waals surface area (Å²) < 4.78 is 5.17. The summed E-state index contributed by atoms with van der Waals surface area (Å²) >= 11 is 0. The van der Waals surface area contributed by atoms with Gasteiger partial charge in [-0.1, -0.05) is 60.7 Å². The van der Waals surface area contributed by atoms with Gasteiger partial charge in [-0.3, -0.25) is 4.79 Å². The van der Waals surface area contributed by atoms with Gasteiger partial charge in [-0.05, 0) is 34.9 Å². The smallest absolute Gasteiger partial charge is 0.193 e. The molecule has 0 radical (unpaired) electrons. The molecule has 0 aromatic heterocycles. The summed E-state index contributed by atoms with van der Waals surface area (Å²) in [6, 6.07) is 27.3. The molecule has 3 aromatic carbocycles. The third kappa shape index (κ3) is 3.49. The van der Waals surface area contributed by atoms with Crippen molar-refractivity contribution in [2.24, 2.45) is 0 Å². The molecule has 0 spiro atoms. The normalized spacial score (nSPS) is 10.5. The molecule has 0 fully saturated rings. The lowest BCUT2D eigenvalue weighted by molar-refractivity contribution is 0.108. The van der Waals surface area contributed by atoms with Crippen LogP contribution in [0, 0.1) is 0 Å². The minimum atomic E-state index is -1.08. The van der Waals surface area contributed by atoms with Crippen molar-refractivity contribution >= 4 is 24.1 Å². The fourth-order valence-corrected chi connectivity index (χ4v) is 4.52. The second-order valence-corrected chi connectivity index (χ2v) is 7.15. The average molecular weight is 320 g/mol. The van der Waals surface area contributed by atoms with E-state index < -0.39 is 7.92 Å². The number of hydrogen-bond donors (Lipinski definition) is 0. The Morgan fingerprint density at radius 2 is 1.22 bits per heavy atom. The molecule has 3 aromatic rings. The number of carbonyl (C=O) groups excluding carboxylic acids is 1. The third-order valence-electron chi connectivity index (χ3n) is 3.57. The monoisotopic (exact) mass is 320 g/mol. The van der Waals surface area contributed by atoms with Gasteiger partial charge in [-0.15, -0.1) is 0 Å². The highest BCUT2D eigenvalue weighted by atomic mass is 31.1. The van der Waals surface area contributed by atoms with Gasteiger partial charge in [0, 0.05) is 13.5 Å². The number of rotatable bonds is 5. The van der Waals surface area contributed by atoms with Crippen molar-refractivity contribution < 1.29 is 9.53 Å².